The van der Waals surface area contributed by atoms with Gasteiger partial charge in [0, 0.05) is 29.8 Å². The number of aryl methyl sites for hydroxylation is 3. The standard InChI is InChI=1S/C25H30N2O4/c1-16-7-6-8-22(19(16)4)26-24(28)15-27(9-10-30-5)14-20-13-25(29)31-23-12-18(3)17(2)11-21(20)23/h6-8,11-13H,9-10,14-15H2,1-5H3,(H,26,28)/p+1. The lowest BCUT2D eigenvalue weighted by Gasteiger charge is -2.20. The number of hydrogen-bond donors (Lipinski definition) is 2. The summed E-state index contributed by atoms with van der Waals surface area (Å²) in [5, 5.41) is 3.94. The van der Waals surface area contributed by atoms with E-state index in [1.165, 1.54) is 6.07 Å². The lowest BCUT2D eigenvalue weighted by molar-refractivity contribution is -0.906. The normalized spacial score (nSPS) is 12.2. The molecule has 0 aliphatic carbocycles. The molecule has 6 nitrogen and oxygen atoms in total. The van der Waals surface area contributed by atoms with Crippen LogP contribution in [0.2, 0.25) is 0 Å². The van der Waals surface area contributed by atoms with E-state index in [1.807, 2.05) is 58.0 Å². The van der Waals surface area contributed by atoms with Gasteiger partial charge in [0.2, 0.25) is 0 Å². The van der Waals surface area contributed by atoms with Crippen LogP contribution >= 0.6 is 0 Å². The molecule has 0 radical (unpaired) electrons. The Bertz CT molecular complexity index is 1150. The van der Waals surface area contributed by atoms with Crippen molar-refractivity contribution in [2.75, 3.05) is 32.1 Å². The molecule has 2 N–H and O–H groups in total. The maximum atomic E-state index is 12.8. The second kappa shape index (κ2) is 9.90. The van der Waals surface area contributed by atoms with Gasteiger partial charge in [-0.3, -0.25) is 4.79 Å². The van der Waals surface area contributed by atoms with E-state index in [0.717, 1.165) is 43.8 Å². The molecular weight excluding hydrogens is 392 g/mol. The van der Waals surface area contributed by atoms with Crippen molar-refractivity contribution in [3.05, 3.63) is 74.6 Å². The van der Waals surface area contributed by atoms with Crippen molar-refractivity contribution in [1.29, 1.82) is 0 Å². The number of carbonyl (C=O) groups is 1. The van der Waals surface area contributed by atoms with Crippen LogP contribution in [0.1, 0.15) is 27.8 Å². The van der Waals surface area contributed by atoms with Crippen LogP contribution in [0.4, 0.5) is 5.69 Å². The second-order valence-corrected chi connectivity index (χ2v) is 8.17. The summed E-state index contributed by atoms with van der Waals surface area (Å²) < 4.78 is 10.7. The highest BCUT2D eigenvalue weighted by Gasteiger charge is 2.19. The number of benzene rings is 2. The largest absolute Gasteiger partial charge is 0.423 e. The Morgan fingerprint density at radius 3 is 2.55 bits per heavy atom. The Hall–Kier alpha value is -2.96. The number of rotatable bonds is 8. The third-order valence-electron chi connectivity index (χ3n) is 5.83. The van der Waals surface area contributed by atoms with Crippen molar-refractivity contribution in [1.82, 2.24) is 0 Å². The molecule has 0 fully saturated rings. The minimum absolute atomic E-state index is 0.0703. The maximum Gasteiger partial charge on any atom is 0.336 e. The quantitative estimate of drug-likeness (QED) is 0.547. The van der Waals surface area contributed by atoms with Crippen LogP contribution in [0.3, 0.4) is 0 Å². The van der Waals surface area contributed by atoms with Crippen molar-refractivity contribution in [2.45, 2.75) is 34.2 Å². The predicted molar refractivity (Wildman–Crippen MR) is 123 cm³/mol. The Balaban J connectivity index is 1.84. The van der Waals surface area contributed by atoms with Crippen LogP contribution in [0.25, 0.3) is 11.0 Å². The zero-order valence-corrected chi connectivity index (χ0v) is 18.9. The molecule has 1 aromatic heterocycles. The Morgan fingerprint density at radius 2 is 1.81 bits per heavy atom. The number of nitrogens with one attached hydrogen (secondary N) is 2. The number of hydrogen-bond acceptors (Lipinski definition) is 4. The first-order chi connectivity index (χ1) is 14.8. The van der Waals surface area contributed by atoms with Crippen molar-refractivity contribution >= 4 is 22.6 Å². The van der Waals surface area contributed by atoms with Crippen molar-refractivity contribution in [3.8, 4) is 0 Å². The van der Waals surface area contributed by atoms with Crippen molar-refractivity contribution < 1.29 is 18.8 Å². The first kappa shape index (κ1) is 22.7. The SMILES string of the molecule is COCC[NH+](CC(=O)Nc1cccc(C)c1C)Cc1cc(=O)oc2cc(C)c(C)cc12. The molecule has 3 rings (SSSR count). The van der Waals surface area contributed by atoms with Crippen LogP contribution in [0, 0.1) is 27.7 Å². The molecule has 1 atom stereocenters. The van der Waals surface area contributed by atoms with E-state index in [-0.39, 0.29) is 18.1 Å². The van der Waals surface area contributed by atoms with Gasteiger partial charge in [-0.05, 0) is 68.1 Å². The molecule has 1 amide bonds. The van der Waals surface area contributed by atoms with Gasteiger partial charge in [0.25, 0.3) is 5.91 Å². The van der Waals surface area contributed by atoms with E-state index in [9.17, 15) is 9.59 Å². The van der Waals surface area contributed by atoms with E-state index < -0.39 is 0 Å². The summed E-state index contributed by atoms with van der Waals surface area (Å²) in [6.45, 7) is 10.0. The Morgan fingerprint density at radius 1 is 1.06 bits per heavy atom. The number of amides is 1. The molecular formula is C25H31N2O4+. The molecule has 1 heterocycles. The van der Waals surface area contributed by atoms with E-state index in [4.69, 9.17) is 9.15 Å². The fraction of sp³-hybridized carbons (Fsp3) is 0.360. The number of carbonyl (C=O) groups excluding carboxylic acids is 1. The molecule has 1 unspecified atom stereocenters. The summed E-state index contributed by atoms with van der Waals surface area (Å²) >= 11 is 0. The summed E-state index contributed by atoms with van der Waals surface area (Å²) in [5.41, 5.74) is 6.31. The number of anilines is 1. The lowest BCUT2D eigenvalue weighted by atomic mass is 10.0. The summed E-state index contributed by atoms with van der Waals surface area (Å²) in [4.78, 5) is 26.0. The number of methoxy groups -OCH3 is 1. The smallest absolute Gasteiger partial charge is 0.336 e. The average Bonchev–Trinajstić information content (AvgIpc) is 2.71. The zero-order chi connectivity index (χ0) is 22.5. The Kier molecular flexibility index (Phi) is 7.25. The average molecular weight is 424 g/mol. The van der Waals surface area contributed by atoms with Crippen LogP contribution < -0.4 is 15.8 Å². The molecule has 0 aliphatic rings. The van der Waals surface area contributed by atoms with Gasteiger partial charge in [0.05, 0.1) is 6.61 Å². The van der Waals surface area contributed by atoms with Gasteiger partial charge in [-0.2, -0.15) is 0 Å². The highest BCUT2D eigenvalue weighted by molar-refractivity contribution is 5.92. The predicted octanol–water partition coefficient (Wildman–Crippen LogP) is 2.70. The van der Waals surface area contributed by atoms with E-state index in [1.54, 1.807) is 7.11 Å². The molecule has 3 aromatic rings. The first-order valence-corrected chi connectivity index (χ1v) is 10.5. The summed E-state index contributed by atoms with van der Waals surface area (Å²) in [6, 6.07) is 11.4. The third kappa shape index (κ3) is 5.60. The van der Waals surface area contributed by atoms with E-state index in [2.05, 4.69) is 5.32 Å². The summed E-state index contributed by atoms with van der Waals surface area (Å²) in [7, 11) is 1.65. The molecule has 0 bridgehead atoms. The first-order valence-electron chi connectivity index (χ1n) is 10.5. The number of fused-ring (bicyclic) bond motifs is 1. The topological polar surface area (TPSA) is 73.0 Å². The fourth-order valence-corrected chi connectivity index (χ4v) is 3.69. The number of ether oxygens (including phenoxy) is 1. The molecule has 164 valence electrons. The van der Waals surface area contributed by atoms with Gasteiger partial charge in [-0.1, -0.05) is 12.1 Å². The molecule has 0 saturated carbocycles. The van der Waals surface area contributed by atoms with Gasteiger partial charge in [-0.25, -0.2) is 4.79 Å². The molecule has 6 heteroatoms. The van der Waals surface area contributed by atoms with Gasteiger partial charge < -0.3 is 19.4 Å². The monoisotopic (exact) mass is 423 g/mol. The van der Waals surface area contributed by atoms with Crippen LogP contribution in [0.15, 0.2) is 45.6 Å². The molecule has 0 spiro atoms. The van der Waals surface area contributed by atoms with Crippen LogP contribution in [-0.4, -0.2) is 32.7 Å². The molecule has 0 aliphatic heterocycles. The highest BCUT2D eigenvalue weighted by Crippen LogP contribution is 2.21. The van der Waals surface area contributed by atoms with Gasteiger partial charge in [0.15, 0.2) is 6.54 Å². The van der Waals surface area contributed by atoms with Gasteiger partial charge in [-0.15, -0.1) is 0 Å². The van der Waals surface area contributed by atoms with E-state index in [0.29, 0.717) is 25.3 Å². The third-order valence-corrected chi connectivity index (χ3v) is 5.83. The number of quaternary nitrogens is 1. The zero-order valence-electron chi connectivity index (χ0n) is 18.9. The highest BCUT2D eigenvalue weighted by atomic mass is 16.5. The molecule has 2 aromatic carbocycles. The summed E-state index contributed by atoms with van der Waals surface area (Å²) in [5.74, 6) is -0.0703. The van der Waals surface area contributed by atoms with Crippen molar-refractivity contribution in [3.63, 3.8) is 0 Å². The fourth-order valence-electron chi connectivity index (χ4n) is 3.69. The van der Waals surface area contributed by atoms with Gasteiger partial charge in [0.1, 0.15) is 18.7 Å². The lowest BCUT2D eigenvalue weighted by Crippen LogP contribution is -3.12. The molecule has 0 saturated heterocycles. The summed E-state index contributed by atoms with van der Waals surface area (Å²) in [6.07, 6.45) is 0. The van der Waals surface area contributed by atoms with Crippen LogP contribution in [-0.2, 0) is 16.1 Å². The molecule has 31 heavy (non-hydrogen) atoms. The minimum atomic E-state index is -0.378. The maximum absolute atomic E-state index is 12.8. The van der Waals surface area contributed by atoms with E-state index >= 15 is 0 Å². The minimum Gasteiger partial charge on any atom is -0.423 e. The van der Waals surface area contributed by atoms with Gasteiger partial charge >= 0.3 is 5.63 Å². The Labute approximate surface area is 182 Å². The van der Waals surface area contributed by atoms with Crippen LogP contribution in [0.5, 0.6) is 0 Å². The van der Waals surface area contributed by atoms with Crippen molar-refractivity contribution in [2.24, 2.45) is 0 Å². The second-order valence-electron chi connectivity index (χ2n) is 8.17.